The summed E-state index contributed by atoms with van der Waals surface area (Å²) in [4.78, 5) is 11.0. The second-order valence-corrected chi connectivity index (χ2v) is 4.81. The van der Waals surface area contributed by atoms with Crippen LogP contribution in [0.15, 0.2) is 12.1 Å². The highest BCUT2D eigenvalue weighted by atomic mass is 16.5. The van der Waals surface area contributed by atoms with Crippen LogP contribution in [0.3, 0.4) is 0 Å². The smallest absolute Gasteiger partial charge is 0.306 e. The quantitative estimate of drug-likeness (QED) is 0.891. The number of carbonyl (C=O) groups is 1. The number of aliphatic carboxylic acids is 1. The molecule has 4 nitrogen and oxygen atoms in total. The van der Waals surface area contributed by atoms with Crippen LogP contribution in [0.5, 0.6) is 5.75 Å². The maximum absolute atomic E-state index is 11.0. The van der Waals surface area contributed by atoms with Gasteiger partial charge in [-0.25, -0.2) is 0 Å². The average Bonchev–Trinajstić information content (AvgIpc) is 2.22. The van der Waals surface area contributed by atoms with Gasteiger partial charge in [-0.1, -0.05) is 0 Å². The van der Waals surface area contributed by atoms with E-state index in [1.54, 1.807) is 7.11 Å². The first-order valence-corrected chi connectivity index (χ1v) is 6.00. The van der Waals surface area contributed by atoms with Crippen LogP contribution in [0.2, 0.25) is 0 Å². The molecule has 0 bridgehead atoms. The Morgan fingerprint density at radius 1 is 1.44 bits per heavy atom. The van der Waals surface area contributed by atoms with Crippen molar-refractivity contribution in [2.75, 3.05) is 13.7 Å². The van der Waals surface area contributed by atoms with E-state index >= 15 is 0 Å². The van der Waals surface area contributed by atoms with E-state index in [-0.39, 0.29) is 6.42 Å². The first kappa shape index (κ1) is 12.9. The molecule has 0 aromatic heterocycles. The molecule has 1 unspecified atom stereocenters. The summed E-state index contributed by atoms with van der Waals surface area (Å²) in [5.74, 6) is 0.0179. The predicted molar refractivity (Wildman–Crippen MR) is 67.0 cm³/mol. The first-order chi connectivity index (χ1) is 8.48. The summed E-state index contributed by atoms with van der Waals surface area (Å²) in [5.41, 5.74) is 2.31. The number of carboxylic acid groups (broad SMARTS) is 1. The number of rotatable bonds is 4. The maximum Gasteiger partial charge on any atom is 0.306 e. The van der Waals surface area contributed by atoms with E-state index < -0.39 is 11.6 Å². The Bertz CT molecular complexity index is 452. The monoisotopic (exact) mass is 250 g/mol. The zero-order chi connectivity index (χ0) is 13.3. The number of hydrogen-bond acceptors (Lipinski definition) is 3. The summed E-state index contributed by atoms with van der Waals surface area (Å²) in [6, 6.07) is 3.93. The van der Waals surface area contributed by atoms with Crippen LogP contribution in [0.4, 0.5) is 0 Å². The van der Waals surface area contributed by atoms with E-state index in [0.717, 1.165) is 28.9 Å². The van der Waals surface area contributed by atoms with Crippen LogP contribution >= 0.6 is 0 Å². The second kappa shape index (κ2) is 4.61. The first-order valence-electron chi connectivity index (χ1n) is 6.00. The third kappa shape index (κ3) is 2.08. The van der Waals surface area contributed by atoms with Gasteiger partial charge in [-0.05, 0) is 42.7 Å². The highest BCUT2D eigenvalue weighted by molar-refractivity contribution is 5.69. The van der Waals surface area contributed by atoms with Crippen molar-refractivity contribution in [3.63, 3.8) is 0 Å². The van der Waals surface area contributed by atoms with Crippen molar-refractivity contribution in [3.8, 4) is 5.75 Å². The summed E-state index contributed by atoms with van der Waals surface area (Å²) < 4.78 is 10.9. The minimum atomic E-state index is -0.833. The normalized spacial score (nSPS) is 22.4. The molecule has 1 aromatic rings. The lowest BCUT2D eigenvalue weighted by atomic mass is 9.82. The molecule has 0 saturated carbocycles. The largest absolute Gasteiger partial charge is 0.496 e. The average molecular weight is 250 g/mol. The fraction of sp³-hybridized carbons (Fsp3) is 0.500. The third-order valence-electron chi connectivity index (χ3n) is 3.51. The fourth-order valence-electron chi connectivity index (χ4n) is 2.60. The van der Waals surface area contributed by atoms with Gasteiger partial charge in [0.15, 0.2) is 0 Å². The van der Waals surface area contributed by atoms with Gasteiger partial charge in [-0.15, -0.1) is 0 Å². The zero-order valence-corrected chi connectivity index (χ0v) is 10.9. The van der Waals surface area contributed by atoms with Gasteiger partial charge in [0.25, 0.3) is 0 Å². The van der Waals surface area contributed by atoms with Crippen molar-refractivity contribution in [1.29, 1.82) is 0 Å². The number of carboxylic acids is 1. The number of hydrogen-bond donors (Lipinski definition) is 1. The van der Waals surface area contributed by atoms with Crippen LogP contribution in [0.1, 0.15) is 29.5 Å². The molecule has 1 aromatic carbocycles. The Labute approximate surface area is 107 Å². The van der Waals surface area contributed by atoms with E-state index in [1.165, 1.54) is 0 Å². The summed E-state index contributed by atoms with van der Waals surface area (Å²) in [6.45, 7) is 4.54. The molecular weight excluding hydrogens is 232 g/mol. The summed E-state index contributed by atoms with van der Waals surface area (Å²) in [6.07, 6.45) is 0.767. The molecule has 0 spiro atoms. The van der Waals surface area contributed by atoms with Gasteiger partial charge >= 0.3 is 5.97 Å². The van der Waals surface area contributed by atoms with Crippen LogP contribution in [0, 0.1) is 13.8 Å². The molecule has 1 atom stereocenters. The molecule has 1 heterocycles. The summed E-state index contributed by atoms with van der Waals surface area (Å²) in [7, 11) is 1.64. The molecule has 0 amide bonds. The highest BCUT2D eigenvalue weighted by Gasteiger charge is 2.42. The highest BCUT2D eigenvalue weighted by Crippen LogP contribution is 2.42. The lowest BCUT2D eigenvalue weighted by molar-refractivity contribution is -0.176. The van der Waals surface area contributed by atoms with E-state index in [9.17, 15) is 4.79 Å². The van der Waals surface area contributed by atoms with Gasteiger partial charge in [-0.2, -0.15) is 0 Å². The molecule has 1 saturated heterocycles. The van der Waals surface area contributed by atoms with Crippen molar-refractivity contribution in [2.24, 2.45) is 0 Å². The third-order valence-corrected chi connectivity index (χ3v) is 3.51. The Morgan fingerprint density at radius 2 is 2.00 bits per heavy atom. The van der Waals surface area contributed by atoms with Crippen molar-refractivity contribution in [3.05, 3.63) is 28.8 Å². The maximum atomic E-state index is 11.0. The lowest BCUT2D eigenvalue weighted by Gasteiger charge is -2.41. The molecule has 2 rings (SSSR count). The molecule has 0 aliphatic carbocycles. The van der Waals surface area contributed by atoms with Gasteiger partial charge < -0.3 is 14.6 Å². The Kier molecular flexibility index (Phi) is 3.30. The van der Waals surface area contributed by atoms with Gasteiger partial charge in [0.2, 0.25) is 0 Å². The van der Waals surface area contributed by atoms with Crippen molar-refractivity contribution in [2.45, 2.75) is 32.3 Å². The minimum absolute atomic E-state index is 0.0121. The van der Waals surface area contributed by atoms with Crippen LogP contribution in [0.25, 0.3) is 0 Å². The van der Waals surface area contributed by atoms with E-state index in [0.29, 0.717) is 6.61 Å². The topological polar surface area (TPSA) is 55.8 Å². The Hall–Kier alpha value is -1.55. The van der Waals surface area contributed by atoms with Gasteiger partial charge in [0.1, 0.15) is 11.4 Å². The van der Waals surface area contributed by atoms with Crippen molar-refractivity contribution < 1.29 is 19.4 Å². The van der Waals surface area contributed by atoms with Gasteiger partial charge in [-0.3, -0.25) is 4.79 Å². The van der Waals surface area contributed by atoms with Crippen LogP contribution in [-0.4, -0.2) is 24.8 Å². The molecule has 18 heavy (non-hydrogen) atoms. The molecule has 1 aliphatic rings. The number of aryl methyl sites for hydroxylation is 2. The van der Waals surface area contributed by atoms with Crippen LogP contribution < -0.4 is 4.74 Å². The minimum Gasteiger partial charge on any atom is -0.496 e. The summed E-state index contributed by atoms with van der Waals surface area (Å²) in [5, 5.41) is 9.01. The van der Waals surface area contributed by atoms with Gasteiger partial charge in [0.05, 0.1) is 20.1 Å². The molecule has 4 heteroatoms. The van der Waals surface area contributed by atoms with Crippen molar-refractivity contribution in [1.82, 2.24) is 0 Å². The van der Waals surface area contributed by atoms with Gasteiger partial charge in [0, 0.05) is 6.42 Å². The number of benzene rings is 1. The lowest BCUT2D eigenvalue weighted by Crippen LogP contribution is -2.42. The number of ether oxygens (including phenoxy) is 2. The molecule has 98 valence electrons. The van der Waals surface area contributed by atoms with Crippen LogP contribution in [-0.2, 0) is 15.1 Å². The van der Waals surface area contributed by atoms with Crippen molar-refractivity contribution >= 4 is 5.97 Å². The van der Waals surface area contributed by atoms with E-state index in [1.807, 2.05) is 26.0 Å². The SMILES string of the molecule is COc1c(C)cc(C2(CC(=O)O)CCO2)cc1C. The number of methoxy groups -OCH3 is 1. The molecular formula is C14H18O4. The second-order valence-electron chi connectivity index (χ2n) is 4.81. The molecule has 1 N–H and O–H groups in total. The zero-order valence-electron chi connectivity index (χ0n) is 10.9. The predicted octanol–water partition coefficient (Wildman–Crippen LogP) is 2.40. The van der Waals surface area contributed by atoms with E-state index in [2.05, 4.69) is 0 Å². The Balaban J connectivity index is 2.41. The summed E-state index contributed by atoms with van der Waals surface area (Å²) >= 11 is 0. The van der Waals surface area contributed by atoms with E-state index in [4.69, 9.17) is 14.6 Å². The molecule has 0 radical (unpaired) electrons. The molecule has 1 aliphatic heterocycles. The standard InChI is InChI=1S/C14H18O4/c1-9-6-11(7-10(2)13(9)17-3)14(4-5-18-14)8-12(15)16/h6-7H,4-5,8H2,1-3H3,(H,15,16). The Morgan fingerprint density at radius 3 is 2.33 bits per heavy atom. The fourth-order valence-corrected chi connectivity index (χ4v) is 2.60. The molecule has 1 fully saturated rings.